The molecular formula is C24H25N3O4S. The van der Waals surface area contributed by atoms with E-state index in [1.807, 2.05) is 30.3 Å². The highest BCUT2D eigenvalue weighted by atomic mass is 32.2. The smallest absolute Gasteiger partial charge is 0.274 e. The number of carbonyl (C=O) groups is 1. The molecule has 32 heavy (non-hydrogen) atoms. The van der Waals surface area contributed by atoms with Crippen molar-refractivity contribution in [2.75, 3.05) is 26.3 Å². The van der Waals surface area contributed by atoms with E-state index in [2.05, 4.69) is 13.8 Å². The number of nitrogens with zero attached hydrogens (tertiary/aromatic N) is 3. The van der Waals surface area contributed by atoms with E-state index in [0.29, 0.717) is 43.1 Å². The van der Waals surface area contributed by atoms with Crippen LogP contribution in [0, 0.1) is 0 Å². The average molecular weight is 452 g/mol. The lowest BCUT2D eigenvalue weighted by Gasteiger charge is -2.26. The topological polar surface area (TPSA) is 81.5 Å². The van der Waals surface area contributed by atoms with Gasteiger partial charge in [0.05, 0.1) is 35.2 Å². The molecule has 0 N–H and O–H groups in total. The Morgan fingerprint density at radius 1 is 1.03 bits per heavy atom. The van der Waals surface area contributed by atoms with Crippen molar-refractivity contribution in [1.82, 2.24) is 14.7 Å². The second-order valence-electron chi connectivity index (χ2n) is 8.46. The fourth-order valence-electron chi connectivity index (χ4n) is 4.50. The third-order valence-electron chi connectivity index (χ3n) is 6.08. The molecule has 0 unspecified atom stereocenters. The van der Waals surface area contributed by atoms with Crippen LogP contribution >= 0.6 is 0 Å². The minimum Gasteiger partial charge on any atom is -0.378 e. The highest BCUT2D eigenvalue weighted by Gasteiger charge is 2.37. The van der Waals surface area contributed by atoms with Crippen molar-refractivity contribution in [3.05, 3.63) is 65.4 Å². The van der Waals surface area contributed by atoms with E-state index in [4.69, 9.17) is 9.84 Å². The Hall–Kier alpha value is -2.97. The van der Waals surface area contributed by atoms with E-state index in [9.17, 15) is 13.2 Å². The number of sulfone groups is 1. The Morgan fingerprint density at radius 2 is 1.72 bits per heavy atom. The standard InChI is InChI=1S/C24H25N3O4S/c1-16(2)17-7-3-5-9-20(17)27-23-18-8-4-6-10-21(18)32(29,30)15-19(23)22(25-27)24(28)26-11-13-31-14-12-26/h3-10,16H,11-15H2,1-2H3. The molecule has 3 aromatic rings. The molecule has 7 nitrogen and oxygen atoms in total. The van der Waals surface area contributed by atoms with Crippen molar-refractivity contribution in [3.8, 4) is 16.9 Å². The Balaban J connectivity index is 1.79. The third kappa shape index (κ3) is 3.34. The summed E-state index contributed by atoms with van der Waals surface area (Å²) in [5, 5.41) is 4.76. The summed E-state index contributed by atoms with van der Waals surface area (Å²) in [6.07, 6.45) is 0. The zero-order valence-electron chi connectivity index (χ0n) is 18.1. The van der Waals surface area contributed by atoms with Gasteiger partial charge in [-0.2, -0.15) is 5.10 Å². The number of rotatable bonds is 3. The van der Waals surface area contributed by atoms with E-state index in [1.54, 1.807) is 27.8 Å². The van der Waals surface area contributed by atoms with Gasteiger partial charge in [0.15, 0.2) is 15.5 Å². The second kappa shape index (κ2) is 7.86. The predicted molar refractivity (Wildman–Crippen MR) is 121 cm³/mol. The van der Waals surface area contributed by atoms with Gasteiger partial charge >= 0.3 is 0 Å². The first-order chi connectivity index (χ1) is 15.4. The molecule has 0 atom stereocenters. The van der Waals surface area contributed by atoms with Gasteiger partial charge in [-0.1, -0.05) is 50.2 Å². The third-order valence-corrected chi connectivity index (χ3v) is 7.78. The fraction of sp³-hybridized carbons (Fsp3) is 0.333. The Labute approximate surface area is 187 Å². The highest BCUT2D eigenvalue weighted by Crippen LogP contribution is 2.41. The van der Waals surface area contributed by atoms with Gasteiger partial charge in [0, 0.05) is 24.2 Å². The molecule has 0 bridgehead atoms. The van der Waals surface area contributed by atoms with Crippen LogP contribution in [0.3, 0.4) is 0 Å². The number of hydrogen-bond acceptors (Lipinski definition) is 5. The van der Waals surface area contributed by atoms with Gasteiger partial charge in [-0.15, -0.1) is 0 Å². The molecule has 1 amide bonds. The van der Waals surface area contributed by atoms with Crippen molar-refractivity contribution in [2.24, 2.45) is 0 Å². The highest BCUT2D eigenvalue weighted by molar-refractivity contribution is 7.90. The molecule has 166 valence electrons. The molecule has 1 saturated heterocycles. The van der Waals surface area contributed by atoms with Crippen molar-refractivity contribution < 1.29 is 17.9 Å². The first-order valence-electron chi connectivity index (χ1n) is 10.8. The lowest BCUT2D eigenvalue weighted by Crippen LogP contribution is -2.41. The molecule has 2 aromatic carbocycles. The zero-order chi connectivity index (χ0) is 22.5. The van der Waals surface area contributed by atoms with E-state index >= 15 is 0 Å². The Morgan fingerprint density at radius 3 is 2.47 bits per heavy atom. The minimum absolute atomic E-state index is 0.207. The van der Waals surface area contributed by atoms with Crippen molar-refractivity contribution >= 4 is 15.7 Å². The van der Waals surface area contributed by atoms with E-state index in [1.165, 1.54) is 0 Å². The number of hydrogen-bond donors (Lipinski definition) is 0. The molecule has 1 aromatic heterocycles. The van der Waals surface area contributed by atoms with Gasteiger partial charge in [-0.3, -0.25) is 4.79 Å². The maximum Gasteiger partial charge on any atom is 0.274 e. The van der Waals surface area contributed by atoms with Crippen molar-refractivity contribution in [3.63, 3.8) is 0 Å². The van der Waals surface area contributed by atoms with Crippen LogP contribution in [0.4, 0.5) is 0 Å². The quantitative estimate of drug-likeness (QED) is 0.610. The number of morpholine rings is 1. The molecule has 0 saturated carbocycles. The first kappa shape index (κ1) is 20.9. The van der Waals surface area contributed by atoms with Crippen LogP contribution in [-0.2, 0) is 20.3 Å². The molecule has 3 heterocycles. The lowest BCUT2D eigenvalue weighted by atomic mass is 10.00. The van der Waals surface area contributed by atoms with Gasteiger partial charge in [-0.25, -0.2) is 13.1 Å². The van der Waals surface area contributed by atoms with E-state index in [0.717, 1.165) is 11.3 Å². The maximum absolute atomic E-state index is 13.5. The summed E-state index contributed by atoms with van der Waals surface area (Å²) >= 11 is 0. The number of fused-ring (bicyclic) bond motifs is 3. The van der Waals surface area contributed by atoms with Gasteiger partial charge in [0.2, 0.25) is 0 Å². The van der Waals surface area contributed by atoms with Crippen LogP contribution < -0.4 is 0 Å². The molecule has 0 spiro atoms. The van der Waals surface area contributed by atoms with Gasteiger partial charge in [0.25, 0.3) is 5.91 Å². The molecule has 5 rings (SSSR count). The summed E-state index contributed by atoms with van der Waals surface area (Å²) in [6, 6.07) is 14.9. The van der Waals surface area contributed by atoms with Crippen molar-refractivity contribution in [2.45, 2.75) is 30.4 Å². The zero-order valence-corrected chi connectivity index (χ0v) is 18.9. The van der Waals surface area contributed by atoms with Gasteiger partial charge < -0.3 is 9.64 Å². The Kier molecular flexibility index (Phi) is 5.14. The largest absolute Gasteiger partial charge is 0.378 e. The molecular weight excluding hydrogens is 426 g/mol. The summed E-state index contributed by atoms with van der Waals surface area (Å²) < 4.78 is 33.4. The predicted octanol–water partition coefficient (Wildman–Crippen LogP) is 3.42. The average Bonchev–Trinajstić information content (AvgIpc) is 3.17. The second-order valence-corrected chi connectivity index (χ2v) is 10.4. The van der Waals surface area contributed by atoms with Crippen LogP contribution in [0.2, 0.25) is 0 Å². The van der Waals surface area contributed by atoms with E-state index < -0.39 is 9.84 Å². The number of para-hydroxylation sites is 1. The van der Waals surface area contributed by atoms with Crippen LogP contribution in [-0.4, -0.2) is 55.3 Å². The SMILES string of the molecule is CC(C)c1ccccc1-n1nc(C(=O)N2CCOCC2)c2c1-c1ccccc1S(=O)(=O)C2. The molecule has 0 aliphatic carbocycles. The maximum atomic E-state index is 13.5. The molecule has 8 heteroatoms. The van der Waals surface area contributed by atoms with E-state index in [-0.39, 0.29) is 28.2 Å². The minimum atomic E-state index is -3.59. The van der Waals surface area contributed by atoms with Crippen LogP contribution in [0.5, 0.6) is 0 Å². The summed E-state index contributed by atoms with van der Waals surface area (Å²) in [5.74, 6) is -0.263. The fourth-order valence-corrected chi connectivity index (χ4v) is 6.09. The van der Waals surface area contributed by atoms with Gasteiger partial charge in [-0.05, 0) is 23.6 Å². The number of ether oxygens (including phenoxy) is 1. The number of carbonyl (C=O) groups excluding carboxylic acids is 1. The lowest BCUT2D eigenvalue weighted by molar-refractivity contribution is 0.0298. The number of aromatic nitrogens is 2. The molecule has 0 radical (unpaired) electrons. The van der Waals surface area contributed by atoms with Gasteiger partial charge in [0.1, 0.15) is 0 Å². The monoisotopic (exact) mass is 451 g/mol. The van der Waals surface area contributed by atoms with Crippen LogP contribution in [0.15, 0.2) is 53.4 Å². The summed E-state index contributed by atoms with van der Waals surface area (Å²) in [6.45, 7) is 6.07. The summed E-state index contributed by atoms with van der Waals surface area (Å²) in [5.41, 5.74) is 3.88. The summed E-state index contributed by atoms with van der Waals surface area (Å²) in [4.78, 5) is 15.4. The van der Waals surface area contributed by atoms with Crippen LogP contribution in [0.25, 0.3) is 16.9 Å². The molecule has 1 fully saturated rings. The Bertz CT molecular complexity index is 1300. The normalized spacial score (nSPS) is 17.2. The van der Waals surface area contributed by atoms with Crippen LogP contribution in [0.1, 0.15) is 41.4 Å². The van der Waals surface area contributed by atoms with Crippen molar-refractivity contribution in [1.29, 1.82) is 0 Å². The summed E-state index contributed by atoms with van der Waals surface area (Å²) in [7, 11) is -3.59. The molecule has 2 aliphatic rings. The number of benzene rings is 2. The molecule has 2 aliphatic heterocycles. The first-order valence-corrected chi connectivity index (χ1v) is 12.4. The number of amides is 1.